The van der Waals surface area contributed by atoms with Crippen LogP contribution < -0.4 is 5.73 Å². The number of fused-ring (bicyclic) bond motifs is 3. The number of pyridine rings is 1. The maximum Gasteiger partial charge on any atom is 0.254 e. The monoisotopic (exact) mass is 441 g/mol. The number of nitrogen functional groups attached to an aromatic ring is 1. The second-order valence-electron chi connectivity index (χ2n) is 7.66. The van der Waals surface area contributed by atoms with Crippen molar-refractivity contribution >= 4 is 34.2 Å². The maximum atomic E-state index is 13.5. The van der Waals surface area contributed by atoms with Gasteiger partial charge in [0.25, 0.3) is 5.91 Å². The number of benzene rings is 1. The number of rotatable bonds is 6. The summed E-state index contributed by atoms with van der Waals surface area (Å²) in [5.74, 6) is 0.337. The van der Waals surface area contributed by atoms with Gasteiger partial charge in [-0.1, -0.05) is 11.6 Å². The van der Waals surface area contributed by atoms with E-state index in [1.807, 2.05) is 26.0 Å². The molecule has 2 N–H and O–H groups in total. The van der Waals surface area contributed by atoms with Crippen molar-refractivity contribution in [1.82, 2.24) is 20.1 Å². The fourth-order valence-corrected chi connectivity index (χ4v) is 4.03. The molecule has 3 aromatic rings. The van der Waals surface area contributed by atoms with E-state index in [9.17, 15) is 4.79 Å². The average Bonchev–Trinajstić information content (AvgIpc) is 3.15. The number of carbonyl (C=O) groups is 1. The summed E-state index contributed by atoms with van der Waals surface area (Å²) in [4.78, 5) is 19.7. The Labute approximate surface area is 185 Å². The second-order valence-corrected chi connectivity index (χ2v) is 8.05. The highest BCUT2D eigenvalue weighted by Crippen LogP contribution is 2.38. The molecule has 0 spiro atoms. The summed E-state index contributed by atoms with van der Waals surface area (Å²) in [6.07, 6.45) is -0.118. The first-order chi connectivity index (χ1) is 14.9. The number of methoxy groups -OCH3 is 1. The van der Waals surface area contributed by atoms with Crippen molar-refractivity contribution in [1.29, 1.82) is 0 Å². The molecule has 1 aromatic carbocycles. The minimum Gasteiger partial charge on any atom is -0.383 e. The number of halogens is 1. The Morgan fingerprint density at radius 1 is 1.35 bits per heavy atom. The number of amides is 1. The lowest BCUT2D eigenvalue weighted by atomic mass is 10.00. The summed E-state index contributed by atoms with van der Waals surface area (Å²) < 4.78 is 11.1. The van der Waals surface area contributed by atoms with Crippen molar-refractivity contribution in [3.05, 3.63) is 57.9 Å². The van der Waals surface area contributed by atoms with Gasteiger partial charge >= 0.3 is 0 Å². The van der Waals surface area contributed by atoms with Crippen molar-refractivity contribution in [3.8, 4) is 0 Å². The van der Waals surface area contributed by atoms with Crippen LogP contribution in [0.15, 0.2) is 30.3 Å². The molecule has 2 atom stereocenters. The molecule has 0 bridgehead atoms. The highest BCUT2D eigenvalue weighted by molar-refractivity contribution is 6.29. The number of nitrogens with two attached hydrogens (primary N) is 1. The summed E-state index contributed by atoms with van der Waals surface area (Å²) in [6.45, 7) is 5.00. The molecule has 0 fully saturated rings. The third-order valence-electron chi connectivity index (χ3n) is 5.52. The number of nitrogens with zero attached hydrogens (tertiary/aromatic N) is 4. The minimum absolute atomic E-state index is 0.118. The smallest absolute Gasteiger partial charge is 0.254 e. The predicted octanol–water partition coefficient (Wildman–Crippen LogP) is 3.53. The molecule has 4 rings (SSSR count). The standard InChI is InChI=1S/C22H24ClN5O3/c1-12(10-30-3)28(9-15-5-7-19(23)27-26-15)22(29)14-4-6-18-16(8-14)17-11-31-13(2)20(17)21(24)25-18/h4-8,12-13H,9-11H2,1-3H3,(H2,24,25)/t12?,13-/m1/s1. The van der Waals surface area contributed by atoms with Gasteiger partial charge in [0.05, 0.1) is 43.1 Å². The molecule has 3 heterocycles. The van der Waals surface area contributed by atoms with Gasteiger partial charge in [0.15, 0.2) is 5.15 Å². The molecule has 0 aliphatic carbocycles. The molecule has 1 amide bonds. The lowest BCUT2D eigenvalue weighted by molar-refractivity contribution is 0.0538. The lowest BCUT2D eigenvalue weighted by Crippen LogP contribution is -2.40. The van der Waals surface area contributed by atoms with E-state index in [0.717, 1.165) is 22.0 Å². The van der Waals surface area contributed by atoms with Crippen LogP contribution in [0.1, 0.15) is 47.1 Å². The largest absolute Gasteiger partial charge is 0.383 e. The molecule has 1 aliphatic heterocycles. The molecule has 162 valence electrons. The zero-order valence-corrected chi connectivity index (χ0v) is 18.4. The summed E-state index contributed by atoms with van der Waals surface area (Å²) >= 11 is 5.84. The Kier molecular flexibility index (Phi) is 6.04. The number of ether oxygens (including phenoxy) is 2. The number of anilines is 1. The van der Waals surface area contributed by atoms with E-state index in [2.05, 4.69) is 15.2 Å². The fraction of sp³-hybridized carbons (Fsp3) is 0.364. The SMILES string of the molecule is COCC(C)N(Cc1ccc(Cl)nn1)C(=O)c1ccc2nc(N)c3c(c2c1)CO[C@@H]3C. The summed E-state index contributed by atoms with van der Waals surface area (Å²) in [5, 5.41) is 9.16. The molecule has 1 aliphatic rings. The summed E-state index contributed by atoms with van der Waals surface area (Å²) in [6, 6.07) is 8.69. The van der Waals surface area contributed by atoms with Gasteiger partial charge in [0, 0.05) is 23.6 Å². The normalized spacial score (nSPS) is 16.3. The van der Waals surface area contributed by atoms with Crippen molar-refractivity contribution in [2.45, 2.75) is 39.1 Å². The van der Waals surface area contributed by atoms with E-state index in [1.165, 1.54) is 0 Å². The molecule has 31 heavy (non-hydrogen) atoms. The van der Waals surface area contributed by atoms with Crippen LogP contribution in [-0.4, -0.2) is 45.7 Å². The Morgan fingerprint density at radius 3 is 2.87 bits per heavy atom. The Bertz CT molecular complexity index is 1120. The average molecular weight is 442 g/mol. The predicted molar refractivity (Wildman–Crippen MR) is 118 cm³/mol. The minimum atomic E-state index is -0.177. The van der Waals surface area contributed by atoms with Gasteiger partial charge in [0.1, 0.15) is 5.82 Å². The number of hydrogen-bond acceptors (Lipinski definition) is 7. The van der Waals surface area contributed by atoms with Gasteiger partial charge in [-0.3, -0.25) is 4.79 Å². The van der Waals surface area contributed by atoms with Crippen molar-refractivity contribution in [2.75, 3.05) is 19.5 Å². The van der Waals surface area contributed by atoms with Crippen LogP contribution in [0.4, 0.5) is 5.82 Å². The lowest BCUT2D eigenvalue weighted by Gasteiger charge is -2.28. The van der Waals surface area contributed by atoms with Crippen molar-refractivity contribution in [3.63, 3.8) is 0 Å². The highest BCUT2D eigenvalue weighted by atomic mass is 35.5. The van der Waals surface area contributed by atoms with Gasteiger partial charge in [0.2, 0.25) is 0 Å². The molecule has 0 saturated carbocycles. The molecule has 0 radical (unpaired) electrons. The number of carbonyl (C=O) groups excluding carboxylic acids is 1. The van der Waals surface area contributed by atoms with E-state index >= 15 is 0 Å². The molecular formula is C22H24ClN5O3. The molecule has 9 heteroatoms. The van der Waals surface area contributed by atoms with E-state index < -0.39 is 0 Å². The molecule has 1 unspecified atom stereocenters. The van der Waals surface area contributed by atoms with E-state index in [0.29, 0.717) is 35.4 Å². The number of aromatic nitrogens is 3. The van der Waals surface area contributed by atoms with Crippen molar-refractivity contribution in [2.24, 2.45) is 0 Å². The highest BCUT2D eigenvalue weighted by Gasteiger charge is 2.27. The molecule has 2 aromatic heterocycles. The van der Waals surface area contributed by atoms with Gasteiger partial charge in [-0.25, -0.2) is 4.98 Å². The molecular weight excluding hydrogens is 418 g/mol. The zero-order chi connectivity index (χ0) is 22.1. The maximum absolute atomic E-state index is 13.5. The number of hydrogen-bond donors (Lipinski definition) is 1. The molecule has 0 saturated heterocycles. The topological polar surface area (TPSA) is 103 Å². The summed E-state index contributed by atoms with van der Waals surface area (Å²) in [7, 11) is 1.61. The van der Waals surface area contributed by atoms with Crippen LogP contribution in [0.3, 0.4) is 0 Å². The van der Waals surface area contributed by atoms with Gasteiger partial charge < -0.3 is 20.1 Å². The first kappa shape index (κ1) is 21.4. The second kappa shape index (κ2) is 8.74. The zero-order valence-electron chi connectivity index (χ0n) is 17.6. The summed E-state index contributed by atoms with van der Waals surface area (Å²) in [5.41, 5.74) is 9.96. The first-order valence-corrected chi connectivity index (χ1v) is 10.4. The van der Waals surface area contributed by atoms with Crippen LogP contribution in [0.5, 0.6) is 0 Å². The van der Waals surface area contributed by atoms with Crippen LogP contribution in [0.2, 0.25) is 5.15 Å². The third kappa shape index (κ3) is 4.19. The Morgan fingerprint density at radius 2 is 2.16 bits per heavy atom. The third-order valence-corrected chi connectivity index (χ3v) is 5.72. The Hall–Kier alpha value is -2.81. The van der Waals surface area contributed by atoms with E-state index in [4.69, 9.17) is 26.8 Å². The van der Waals surface area contributed by atoms with Gasteiger partial charge in [-0.05, 0) is 49.7 Å². The fourth-order valence-electron chi connectivity index (χ4n) is 3.93. The van der Waals surface area contributed by atoms with Gasteiger partial charge in [-0.15, -0.1) is 5.10 Å². The van der Waals surface area contributed by atoms with Crippen molar-refractivity contribution < 1.29 is 14.3 Å². The Balaban J connectivity index is 1.72. The van der Waals surface area contributed by atoms with Crippen LogP contribution in [0, 0.1) is 0 Å². The van der Waals surface area contributed by atoms with E-state index in [-0.39, 0.29) is 24.6 Å². The van der Waals surface area contributed by atoms with Gasteiger partial charge in [-0.2, -0.15) is 5.10 Å². The van der Waals surface area contributed by atoms with Crippen LogP contribution in [0.25, 0.3) is 10.9 Å². The molecule has 8 nitrogen and oxygen atoms in total. The van der Waals surface area contributed by atoms with Crippen LogP contribution in [-0.2, 0) is 22.6 Å². The quantitative estimate of drug-likeness (QED) is 0.624. The van der Waals surface area contributed by atoms with E-state index in [1.54, 1.807) is 30.2 Å². The first-order valence-electron chi connectivity index (χ1n) is 10.0. The van der Waals surface area contributed by atoms with Crippen LogP contribution >= 0.6 is 11.6 Å².